The van der Waals surface area contributed by atoms with Crippen molar-refractivity contribution in [1.82, 2.24) is 15.2 Å². The number of hydrogen-bond acceptors (Lipinski definition) is 4. The molecule has 2 heterocycles. The number of amides is 1. The number of carbonyl (C=O) groups is 1. The van der Waals surface area contributed by atoms with Crippen molar-refractivity contribution in [3.63, 3.8) is 0 Å². The molecule has 0 aromatic carbocycles. The van der Waals surface area contributed by atoms with E-state index < -0.39 is 0 Å². The molecule has 1 aliphatic heterocycles. The van der Waals surface area contributed by atoms with Gasteiger partial charge in [-0.2, -0.15) is 0 Å². The van der Waals surface area contributed by atoms with Crippen LogP contribution in [0, 0.1) is 0 Å². The number of likely N-dealkylation sites (tertiary alicyclic amines) is 1. The first-order valence-corrected chi connectivity index (χ1v) is 6.87. The zero-order chi connectivity index (χ0) is 13.7. The molecule has 19 heavy (non-hydrogen) atoms. The maximum absolute atomic E-state index is 12.1. The molecule has 1 unspecified atom stereocenters. The van der Waals surface area contributed by atoms with Gasteiger partial charge < -0.3 is 15.5 Å². The lowest BCUT2D eigenvalue weighted by Crippen LogP contribution is -2.41. The number of nitrogens with zero attached hydrogens (tertiary/aromatic N) is 2. The summed E-state index contributed by atoms with van der Waals surface area (Å²) in [6.45, 7) is 5.25. The summed E-state index contributed by atoms with van der Waals surface area (Å²) in [4.78, 5) is 18.7. The monoisotopic (exact) mass is 262 g/mol. The van der Waals surface area contributed by atoms with Crippen LogP contribution in [0.25, 0.3) is 0 Å². The smallest absolute Gasteiger partial charge is 0.270 e. The summed E-state index contributed by atoms with van der Waals surface area (Å²) in [7, 11) is 1.79. The van der Waals surface area contributed by atoms with Gasteiger partial charge in [0.25, 0.3) is 5.91 Å². The van der Waals surface area contributed by atoms with E-state index in [4.69, 9.17) is 0 Å². The van der Waals surface area contributed by atoms with Gasteiger partial charge in [0, 0.05) is 19.6 Å². The van der Waals surface area contributed by atoms with Gasteiger partial charge in [-0.1, -0.05) is 6.07 Å². The average Bonchev–Trinajstić information content (AvgIpc) is 2.91. The molecule has 1 aliphatic rings. The first kappa shape index (κ1) is 13.8. The summed E-state index contributed by atoms with van der Waals surface area (Å²) >= 11 is 0. The van der Waals surface area contributed by atoms with Gasteiger partial charge in [0.05, 0.1) is 0 Å². The molecule has 5 nitrogen and oxygen atoms in total. The predicted molar refractivity (Wildman–Crippen MR) is 76.4 cm³/mol. The molecule has 0 radical (unpaired) electrons. The number of aromatic nitrogens is 1. The quantitative estimate of drug-likeness (QED) is 0.840. The minimum Gasteiger partial charge on any atom is -0.373 e. The zero-order valence-corrected chi connectivity index (χ0v) is 11.6. The third-order valence-corrected chi connectivity index (χ3v) is 3.35. The second kappa shape index (κ2) is 6.52. The molecule has 1 fully saturated rings. The zero-order valence-electron chi connectivity index (χ0n) is 11.6. The summed E-state index contributed by atoms with van der Waals surface area (Å²) in [6.07, 6.45) is 2.54. The van der Waals surface area contributed by atoms with Gasteiger partial charge in [-0.05, 0) is 45.0 Å². The maximum Gasteiger partial charge on any atom is 0.270 e. The fraction of sp³-hybridized carbons (Fsp3) is 0.571. The highest BCUT2D eigenvalue weighted by Crippen LogP contribution is 2.08. The number of anilines is 1. The minimum atomic E-state index is -0.108. The van der Waals surface area contributed by atoms with E-state index in [1.807, 2.05) is 19.1 Å². The highest BCUT2D eigenvalue weighted by atomic mass is 16.1. The van der Waals surface area contributed by atoms with Gasteiger partial charge in [0.15, 0.2) is 0 Å². The lowest BCUT2D eigenvalue weighted by molar-refractivity contribution is 0.0927. The fourth-order valence-corrected chi connectivity index (χ4v) is 2.40. The molecule has 0 saturated carbocycles. The van der Waals surface area contributed by atoms with E-state index >= 15 is 0 Å². The minimum absolute atomic E-state index is 0.108. The predicted octanol–water partition coefficient (Wildman–Crippen LogP) is 1.34. The molecule has 0 aliphatic carbocycles. The van der Waals surface area contributed by atoms with Gasteiger partial charge in [-0.3, -0.25) is 4.79 Å². The van der Waals surface area contributed by atoms with Crippen LogP contribution >= 0.6 is 0 Å². The van der Waals surface area contributed by atoms with Crippen molar-refractivity contribution in [3.05, 3.63) is 23.9 Å². The molecule has 2 N–H and O–H groups in total. The molecule has 1 aromatic rings. The van der Waals surface area contributed by atoms with E-state index in [2.05, 4.69) is 20.5 Å². The number of carbonyl (C=O) groups excluding carboxylic acids is 1. The largest absolute Gasteiger partial charge is 0.373 e. The van der Waals surface area contributed by atoms with Crippen molar-refractivity contribution in [1.29, 1.82) is 0 Å². The molecule has 5 heteroatoms. The normalized spacial score (nSPS) is 17.2. The number of hydrogen-bond donors (Lipinski definition) is 2. The Morgan fingerprint density at radius 1 is 1.42 bits per heavy atom. The average molecular weight is 262 g/mol. The van der Waals surface area contributed by atoms with Crippen molar-refractivity contribution in [3.8, 4) is 0 Å². The second-order valence-electron chi connectivity index (χ2n) is 5.04. The van der Waals surface area contributed by atoms with E-state index in [1.54, 1.807) is 13.1 Å². The van der Waals surface area contributed by atoms with E-state index in [1.165, 1.54) is 12.8 Å². The summed E-state index contributed by atoms with van der Waals surface area (Å²) in [6, 6.07) is 5.55. The summed E-state index contributed by atoms with van der Waals surface area (Å²) in [5, 5.41) is 5.94. The van der Waals surface area contributed by atoms with Crippen LogP contribution in [0.5, 0.6) is 0 Å². The second-order valence-corrected chi connectivity index (χ2v) is 5.04. The Bertz CT molecular complexity index is 429. The first-order valence-electron chi connectivity index (χ1n) is 6.87. The van der Waals surface area contributed by atoms with Gasteiger partial charge >= 0.3 is 0 Å². The molecule has 0 bridgehead atoms. The Balaban J connectivity index is 1.88. The number of pyridine rings is 1. The fourth-order valence-electron chi connectivity index (χ4n) is 2.40. The highest BCUT2D eigenvalue weighted by molar-refractivity contribution is 5.92. The summed E-state index contributed by atoms with van der Waals surface area (Å²) in [5.41, 5.74) is 0.458. The summed E-state index contributed by atoms with van der Waals surface area (Å²) < 4.78 is 0. The Kier molecular flexibility index (Phi) is 4.74. The van der Waals surface area contributed by atoms with Crippen LogP contribution in [-0.4, -0.2) is 48.5 Å². The molecule has 2 rings (SSSR count). The standard InChI is InChI=1S/C14H22N4O/c1-11(10-18-8-3-4-9-18)16-14(19)12-6-5-7-13(15-2)17-12/h5-7,11H,3-4,8-10H2,1-2H3,(H,15,17)(H,16,19). The van der Waals surface area contributed by atoms with Gasteiger partial charge in [0.1, 0.15) is 11.5 Å². The van der Waals surface area contributed by atoms with E-state index in [0.717, 1.165) is 19.6 Å². The first-order chi connectivity index (χ1) is 9.19. The summed E-state index contributed by atoms with van der Waals surface area (Å²) in [5.74, 6) is 0.601. The van der Waals surface area contributed by atoms with Crippen LogP contribution in [0.4, 0.5) is 5.82 Å². The lowest BCUT2D eigenvalue weighted by atomic mass is 10.2. The molecular formula is C14H22N4O. The van der Waals surface area contributed by atoms with E-state index in [0.29, 0.717) is 11.5 Å². The Morgan fingerprint density at radius 2 is 2.16 bits per heavy atom. The Hall–Kier alpha value is -1.62. The van der Waals surface area contributed by atoms with Crippen LogP contribution in [0.2, 0.25) is 0 Å². The Labute approximate surface area is 114 Å². The third-order valence-electron chi connectivity index (χ3n) is 3.35. The highest BCUT2D eigenvalue weighted by Gasteiger charge is 2.17. The van der Waals surface area contributed by atoms with Crippen LogP contribution in [0.1, 0.15) is 30.3 Å². The van der Waals surface area contributed by atoms with Crippen LogP contribution in [-0.2, 0) is 0 Å². The SMILES string of the molecule is CNc1cccc(C(=O)NC(C)CN2CCCC2)n1. The van der Waals surface area contributed by atoms with Crippen LogP contribution in [0.15, 0.2) is 18.2 Å². The van der Waals surface area contributed by atoms with Crippen molar-refractivity contribution in [2.75, 3.05) is 32.0 Å². The van der Waals surface area contributed by atoms with Gasteiger partial charge in [-0.15, -0.1) is 0 Å². The maximum atomic E-state index is 12.1. The van der Waals surface area contributed by atoms with Crippen molar-refractivity contribution in [2.45, 2.75) is 25.8 Å². The number of nitrogens with one attached hydrogen (secondary N) is 2. The number of rotatable bonds is 5. The topological polar surface area (TPSA) is 57.3 Å². The molecular weight excluding hydrogens is 240 g/mol. The third kappa shape index (κ3) is 3.92. The van der Waals surface area contributed by atoms with Crippen LogP contribution in [0.3, 0.4) is 0 Å². The molecule has 1 aromatic heterocycles. The van der Waals surface area contributed by atoms with E-state index in [-0.39, 0.29) is 11.9 Å². The Morgan fingerprint density at radius 3 is 2.84 bits per heavy atom. The van der Waals surface area contributed by atoms with Crippen molar-refractivity contribution < 1.29 is 4.79 Å². The molecule has 0 spiro atoms. The van der Waals surface area contributed by atoms with E-state index in [9.17, 15) is 4.79 Å². The molecule has 1 amide bonds. The molecule has 1 saturated heterocycles. The van der Waals surface area contributed by atoms with Gasteiger partial charge in [0.2, 0.25) is 0 Å². The lowest BCUT2D eigenvalue weighted by Gasteiger charge is -2.21. The van der Waals surface area contributed by atoms with Crippen molar-refractivity contribution >= 4 is 11.7 Å². The molecule has 1 atom stereocenters. The van der Waals surface area contributed by atoms with Crippen LogP contribution < -0.4 is 10.6 Å². The van der Waals surface area contributed by atoms with Crippen molar-refractivity contribution in [2.24, 2.45) is 0 Å². The molecule has 104 valence electrons. The van der Waals surface area contributed by atoms with Gasteiger partial charge in [-0.25, -0.2) is 4.98 Å².